The first kappa shape index (κ1) is 70.9. The molecule has 5 aliphatic rings. The van der Waals surface area contributed by atoms with Gasteiger partial charge in [-0.2, -0.15) is 18.1 Å². The number of benzene rings is 5. The van der Waals surface area contributed by atoms with Crippen molar-refractivity contribution < 1.29 is 67.6 Å². The van der Waals surface area contributed by atoms with Crippen molar-refractivity contribution in [2.45, 2.75) is 116 Å². The van der Waals surface area contributed by atoms with E-state index in [0.717, 1.165) is 70.4 Å². The largest absolute Gasteiger partial charge is 0.504 e. The second-order valence-corrected chi connectivity index (χ2v) is 27.9. The van der Waals surface area contributed by atoms with Crippen molar-refractivity contribution in [3.63, 3.8) is 0 Å². The Kier molecular flexibility index (Phi) is 24.3. The molecule has 17 nitrogen and oxygen atoms in total. The third-order valence-electron chi connectivity index (χ3n) is 16.5. The van der Waals surface area contributed by atoms with Crippen LogP contribution in [0, 0.1) is 11.6 Å². The van der Waals surface area contributed by atoms with Crippen LogP contribution in [0.15, 0.2) is 107 Å². The quantitative estimate of drug-likeness (QED) is 0.0970. The average molecular weight is 1530 g/mol. The number of carbonyl (C=O) groups excluding carboxylic acids is 1. The van der Waals surface area contributed by atoms with Crippen LogP contribution in [0.4, 0.5) is 25.8 Å². The van der Waals surface area contributed by atoms with Crippen molar-refractivity contribution in [3.05, 3.63) is 128 Å². The van der Waals surface area contributed by atoms with Gasteiger partial charge in [-0.1, -0.05) is 36.4 Å². The van der Waals surface area contributed by atoms with Crippen LogP contribution in [-0.4, -0.2) is 128 Å². The number of ether oxygens (including phenoxy) is 1. The van der Waals surface area contributed by atoms with Crippen LogP contribution in [0.3, 0.4) is 0 Å². The first-order chi connectivity index (χ1) is 42.3. The van der Waals surface area contributed by atoms with Gasteiger partial charge < -0.3 is 48.3 Å². The molecule has 5 aromatic carbocycles. The summed E-state index contributed by atoms with van der Waals surface area (Å²) < 4.78 is 70.1. The monoisotopic (exact) mass is 1520 g/mol. The molecule has 3 aromatic heterocycles. The Morgan fingerprint density at radius 2 is 0.989 bits per heavy atom. The second kappa shape index (κ2) is 30.8. The average Bonchev–Trinajstić information content (AvgIpc) is 1.70. The van der Waals surface area contributed by atoms with E-state index in [1.165, 1.54) is 117 Å². The Labute approximate surface area is 573 Å². The normalized spacial score (nSPS) is 17.5. The first-order valence-corrected chi connectivity index (χ1v) is 33.4. The van der Waals surface area contributed by atoms with Gasteiger partial charge in [0.25, 0.3) is 0 Å². The summed E-state index contributed by atoms with van der Waals surface area (Å²) >= 11 is 15.6. The molecule has 0 radical (unpaired) electrons. The van der Waals surface area contributed by atoms with Crippen LogP contribution >= 0.6 is 78.1 Å². The molecule has 8 heterocycles. The van der Waals surface area contributed by atoms with E-state index in [9.17, 15) is 23.8 Å². The van der Waals surface area contributed by atoms with Crippen LogP contribution in [-0.2, 0) is 39.0 Å². The van der Waals surface area contributed by atoms with Gasteiger partial charge in [-0.05, 0) is 244 Å². The summed E-state index contributed by atoms with van der Waals surface area (Å²) in [5, 5.41) is 20.8. The molecule has 5 aliphatic heterocycles. The van der Waals surface area contributed by atoms with Gasteiger partial charge >= 0.3 is 14.2 Å². The Balaban J connectivity index is 0.000000150. The number of carbonyl (C=O) groups is 1. The van der Waals surface area contributed by atoms with Crippen molar-refractivity contribution in [2.24, 2.45) is 0 Å². The summed E-state index contributed by atoms with van der Waals surface area (Å²) in [6, 6.07) is 30.6. The van der Waals surface area contributed by atoms with Crippen LogP contribution in [0.2, 0.25) is 4.47 Å². The molecule has 480 valence electrons. The van der Waals surface area contributed by atoms with Crippen LogP contribution in [0.25, 0.3) is 32.5 Å². The molecule has 5 fully saturated rings. The number of phenols is 2. The minimum absolute atomic E-state index is 0. The number of hydrogen-bond donors (Lipinski definition) is 2. The van der Waals surface area contributed by atoms with Gasteiger partial charge in [-0.15, -0.1) is 0 Å². The van der Waals surface area contributed by atoms with Gasteiger partial charge in [-0.25, -0.2) is 18.7 Å². The molecule has 0 bridgehead atoms. The Morgan fingerprint density at radius 1 is 0.556 bits per heavy atom. The minimum atomic E-state index is -0.866. The summed E-state index contributed by atoms with van der Waals surface area (Å²) in [6.07, 6.45) is 8.03. The standard InChI is InChI=1S/C19H18FN3O2S.C16H24BNO2.C13H16BFO4.C12H12BrN3S.C2BrClN2S.Pd/c1-25-16-11-13(10-15(20)17(16)24)18-21-19(26-22-18)12-5-4-6-14(9-12)23-7-2-3-8-23;1-15(2)16(3,4)20-17(19-15)13-8-7-9-14(12-13)18-10-5-6-11-18;1-12(2)13(3,4)19-14(18-12)9-5-8(7-16)11(17)10(15)6-9;13-12-14-11(17-15-12)9-4-3-5-10(8-9)16-6-1-2-7-16;3-1-5-2(4)7-6-1;/h4-6,9-11,24H,2-3,7-8H2,1H3;7-9,12H,5-6,10-11H2,1-4H3;5-7,17H,1-4H3;3-5,8H,1-2,6-7H2;;. The molecular weight excluding hydrogens is 1460 g/mol. The number of methoxy groups -OCH3 is 1. The summed E-state index contributed by atoms with van der Waals surface area (Å²) in [6.45, 7) is 22.7. The molecule has 0 aliphatic carbocycles. The zero-order chi connectivity index (χ0) is 63.8. The van der Waals surface area contributed by atoms with Gasteiger partial charge in [0.1, 0.15) is 10.0 Å². The summed E-state index contributed by atoms with van der Waals surface area (Å²) in [4.78, 5) is 30.6. The number of phenolic OH excluding ortho intramolecular Hbond substituents is 2. The van der Waals surface area contributed by atoms with Crippen LogP contribution in [0.1, 0.15) is 104 Å². The SMILES string of the molecule is Brc1nsc(-c2cccc(N3CCCC3)c2)n1.CC1(C)OB(c2cc(F)c(O)c(C=O)c2)OC1(C)C.CC1(C)OB(c2cccc(N3CCCC3)c2)OC1(C)C.COc1cc(-c2nsc(-c3cccc(N4CCCC4)c3)n2)cc(F)c1O.Clc1nc(Br)ns1.[Pd]. The van der Waals surface area contributed by atoms with Gasteiger partial charge in [-0.3, -0.25) is 4.79 Å². The van der Waals surface area contributed by atoms with E-state index in [4.69, 9.17) is 35.0 Å². The zero-order valence-electron chi connectivity index (χ0n) is 51.3. The third kappa shape index (κ3) is 17.4. The van der Waals surface area contributed by atoms with Crippen molar-refractivity contribution in [1.29, 1.82) is 0 Å². The third-order valence-corrected chi connectivity index (χ3v) is 20.0. The Morgan fingerprint density at radius 3 is 1.42 bits per heavy atom. The smallest absolute Gasteiger partial charge is 0.494 e. The molecule has 13 rings (SSSR count). The molecule has 0 saturated carbocycles. The predicted octanol–water partition coefficient (Wildman–Crippen LogP) is 14.1. The van der Waals surface area contributed by atoms with E-state index in [1.807, 2.05) is 39.8 Å². The molecular formula is C62H70B2Br2ClF2N9O8PdS3. The summed E-state index contributed by atoms with van der Waals surface area (Å²) in [5.74, 6) is -2.32. The number of aldehydes is 1. The number of rotatable bonds is 10. The van der Waals surface area contributed by atoms with E-state index in [0.29, 0.717) is 37.1 Å². The van der Waals surface area contributed by atoms with Crippen LogP contribution < -0.4 is 30.4 Å². The number of aromatic hydroxyl groups is 2. The maximum atomic E-state index is 13.9. The minimum Gasteiger partial charge on any atom is -0.504 e. The first-order valence-electron chi connectivity index (χ1n) is 29.1. The number of hydrogen-bond acceptors (Lipinski definition) is 20. The Hall–Kier alpha value is -5.01. The molecule has 0 unspecified atom stereocenters. The van der Waals surface area contributed by atoms with E-state index in [-0.39, 0.29) is 50.1 Å². The zero-order valence-corrected chi connectivity index (χ0v) is 59.2. The number of aromatic nitrogens is 6. The van der Waals surface area contributed by atoms with Gasteiger partial charge in [0.15, 0.2) is 41.0 Å². The van der Waals surface area contributed by atoms with Crippen LogP contribution in [0.5, 0.6) is 17.2 Å². The molecule has 0 amide bonds. The van der Waals surface area contributed by atoms with Gasteiger partial charge in [0, 0.05) is 93.4 Å². The van der Waals surface area contributed by atoms with E-state index in [1.54, 1.807) is 0 Å². The van der Waals surface area contributed by atoms with E-state index < -0.39 is 41.5 Å². The molecule has 28 heteroatoms. The van der Waals surface area contributed by atoms with Crippen molar-refractivity contribution in [1.82, 2.24) is 28.1 Å². The van der Waals surface area contributed by atoms with Crippen molar-refractivity contribution >= 4 is 127 Å². The predicted molar refractivity (Wildman–Crippen MR) is 360 cm³/mol. The Bertz CT molecular complexity index is 3680. The van der Waals surface area contributed by atoms with Crippen molar-refractivity contribution in [3.8, 4) is 49.8 Å². The molecule has 5 saturated heterocycles. The molecule has 8 aromatic rings. The summed E-state index contributed by atoms with van der Waals surface area (Å²) in [5.41, 5.74) is 6.10. The maximum absolute atomic E-state index is 13.9. The topological polar surface area (TPSA) is 191 Å². The second-order valence-electron chi connectivity index (χ2n) is 23.6. The summed E-state index contributed by atoms with van der Waals surface area (Å²) in [7, 11) is 0.350. The number of nitrogens with zero attached hydrogens (tertiary/aromatic N) is 9. The fourth-order valence-electron chi connectivity index (χ4n) is 10.1. The van der Waals surface area contributed by atoms with Gasteiger partial charge in [0.05, 0.1) is 35.1 Å². The molecule has 90 heavy (non-hydrogen) atoms. The maximum Gasteiger partial charge on any atom is 0.494 e. The number of anilines is 3. The molecule has 0 spiro atoms. The molecule has 0 atom stereocenters. The van der Waals surface area contributed by atoms with Gasteiger partial charge in [0.2, 0.25) is 13.9 Å². The van der Waals surface area contributed by atoms with E-state index >= 15 is 0 Å². The number of halogens is 5. The fourth-order valence-corrected chi connectivity index (χ4v) is 13.0. The molecule has 2 N–H and O–H groups in total. The van der Waals surface area contributed by atoms with Crippen molar-refractivity contribution in [2.75, 3.05) is 61.1 Å². The fraction of sp³-hybridized carbons (Fsp3) is 0.403. The van der Waals surface area contributed by atoms with E-state index in [2.05, 4.69) is 163 Å².